The molecule has 1 aromatic carbocycles. The molecule has 134 valence electrons. The molecule has 2 amide bonds. The Morgan fingerprint density at radius 1 is 1.12 bits per heavy atom. The van der Waals surface area contributed by atoms with Gasteiger partial charge in [-0.05, 0) is 30.5 Å². The van der Waals surface area contributed by atoms with E-state index < -0.39 is 0 Å². The molecule has 25 heavy (non-hydrogen) atoms. The smallest absolute Gasteiger partial charge is 0.318 e. The number of urea groups is 1. The largest absolute Gasteiger partial charge is 0.348 e. The van der Waals surface area contributed by atoms with E-state index in [2.05, 4.69) is 61.1 Å². The molecule has 1 aromatic heterocycles. The van der Waals surface area contributed by atoms with Crippen molar-refractivity contribution in [3.63, 3.8) is 0 Å². The Balaban J connectivity index is 1.79. The van der Waals surface area contributed by atoms with Crippen molar-refractivity contribution in [3.8, 4) is 0 Å². The molecule has 0 aliphatic carbocycles. The predicted molar refractivity (Wildman–Crippen MR) is 101 cm³/mol. The van der Waals surface area contributed by atoms with Gasteiger partial charge in [-0.2, -0.15) is 0 Å². The van der Waals surface area contributed by atoms with Crippen LogP contribution in [0.25, 0.3) is 0 Å². The highest BCUT2D eigenvalue weighted by molar-refractivity contribution is 5.75. The molecule has 0 radical (unpaired) electrons. The van der Waals surface area contributed by atoms with Crippen LogP contribution in [0.15, 0.2) is 48.7 Å². The van der Waals surface area contributed by atoms with Gasteiger partial charge in [0, 0.05) is 25.0 Å². The summed E-state index contributed by atoms with van der Waals surface area (Å²) in [6.45, 7) is 8.12. The fraction of sp³-hybridized carbons (Fsp3) is 0.476. The number of carbonyl (C=O) groups is 1. The van der Waals surface area contributed by atoms with Crippen LogP contribution in [0, 0.1) is 5.92 Å². The SMILES string of the molecule is CCC(CC)C(NC(=O)N1CCn2cccc2C1C)c1ccccc1. The molecular weight excluding hydrogens is 310 g/mol. The molecule has 0 bridgehead atoms. The Hall–Kier alpha value is -2.23. The Labute approximate surface area is 150 Å². The van der Waals surface area contributed by atoms with E-state index in [1.54, 1.807) is 0 Å². The molecule has 0 spiro atoms. The van der Waals surface area contributed by atoms with Gasteiger partial charge >= 0.3 is 6.03 Å². The molecule has 2 unspecified atom stereocenters. The average Bonchev–Trinajstić information content (AvgIpc) is 3.12. The number of amides is 2. The average molecular weight is 339 g/mol. The lowest BCUT2D eigenvalue weighted by molar-refractivity contribution is 0.154. The minimum Gasteiger partial charge on any atom is -0.348 e. The monoisotopic (exact) mass is 339 g/mol. The van der Waals surface area contributed by atoms with Crippen LogP contribution in [0.1, 0.15) is 57.0 Å². The molecule has 0 saturated carbocycles. The van der Waals surface area contributed by atoms with Crippen molar-refractivity contribution in [2.24, 2.45) is 5.92 Å². The van der Waals surface area contributed by atoms with Crippen LogP contribution in [0.5, 0.6) is 0 Å². The molecular formula is C21H29N3O. The summed E-state index contributed by atoms with van der Waals surface area (Å²) < 4.78 is 2.24. The summed E-state index contributed by atoms with van der Waals surface area (Å²) in [5, 5.41) is 3.34. The van der Waals surface area contributed by atoms with E-state index in [4.69, 9.17) is 0 Å². The summed E-state index contributed by atoms with van der Waals surface area (Å²) in [5.74, 6) is 0.440. The second-order valence-corrected chi connectivity index (χ2v) is 6.91. The lowest BCUT2D eigenvalue weighted by Gasteiger charge is -2.37. The zero-order chi connectivity index (χ0) is 17.8. The lowest BCUT2D eigenvalue weighted by Crippen LogP contribution is -2.48. The highest BCUT2D eigenvalue weighted by atomic mass is 16.2. The van der Waals surface area contributed by atoms with Gasteiger partial charge in [-0.25, -0.2) is 4.79 Å². The van der Waals surface area contributed by atoms with E-state index >= 15 is 0 Å². The number of benzene rings is 1. The van der Waals surface area contributed by atoms with Crippen molar-refractivity contribution in [2.75, 3.05) is 6.54 Å². The first kappa shape index (κ1) is 17.6. The van der Waals surface area contributed by atoms with Gasteiger partial charge in [0.15, 0.2) is 0 Å². The standard InChI is InChI=1S/C21H29N3O/c1-4-17(5-2)20(18-10-7-6-8-11-18)22-21(25)24-15-14-23-13-9-12-19(23)16(24)3/h6-13,16-17,20H,4-5,14-15H2,1-3H3,(H,22,25). The molecule has 2 heterocycles. The molecule has 2 aromatic rings. The lowest BCUT2D eigenvalue weighted by atomic mass is 9.89. The zero-order valence-electron chi connectivity index (χ0n) is 15.5. The van der Waals surface area contributed by atoms with Gasteiger partial charge in [-0.1, -0.05) is 57.0 Å². The second kappa shape index (κ2) is 7.77. The third-order valence-corrected chi connectivity index (χ3v) is 5.56. The van der Waals surface area contributed by atoms with Crippen LogP contribution < -0.4 is 5.32 Å². The summed E-state index contributed by atoms with van der Waals surface area (Å²) >= 11 is 0. The van der Waals surface area contributed by atoms with Crippen molar-refractivity contribution < 1.29 is 4.79 Å². The first-order chi connectivity index (χ1) is 12.2. The van der Waals surface area contributed by atoms with Crippen molar-refractivity contribution in [3.05, 3.63) is 59.9 Å². The van der Waals surface area contributed by atoms with Crippen LogP contribution in [-0.2, 0) is 6.54 Å². The van der Waals surface area contributed by atoms with Crippen LogP contribution in [0.3, 0.4) is 0 Å². The topological polar surface area (TPSA) is 37.3 Å². The molecule has 4 heteroatoms. The van der Waals surface area contributed by atoms with E-state index in [1.165, 1.54) is 11.3 Å². The minimum absolute atomic E-state index is 0.0423. The van der Waals surface area contributed by atoms with Gasteiger partial charge in [0.05, 0.1) is 12.1 Å². The predicted octanol–water partition coefficient (Wildman–Crippen LogP) is 4.75. The number of nitrogens with one attached hydrogen (secondary N) is 1. The van der Waals surface area contributed by atoms with Crippen LogP contribution in [-0.4, -0.2) is 22.0 Å². The fourth-order valence-electron chi connectivity index (χ4n) is 3.97. The Bertz CT molecular complexity index is 690. The van der Waals surface area contributed by atoms with Crippen molar-refractivity contribution in [1.29, 1.82) is 0 Å². The molecule has 1 N–H and O–H groups in total. The highest BCUT2D eigenvalue weighted by Gasteiger charge is 2.30. The summed E-state index contributed by atoms with van der Waals surface area (Å²) in [6.07, 6.45) is 4.20. The van der Waals surface area contributed by atoms with Crippen LogP contribution in [0.4, 0.5) is 4.79 Å². The normalized spacial score (nSPS) is 18.1. The highest BCUT2D eigenvalue weighted by Crippen LogP contribution is 2.30. The second-order valence-electron chi connectivity index (χ2n) is 6.91. The van der Waals surface area contributed by atoms with Crippen molar-refractivity contribution in [2.45, 2.75) is 52.2 Å². The van der Waals surface area contributed by atoms with Crippen LogP contribution >= 0.6 is 0 Å². The number of fused-ring (bicyclic) bond motifs is 1. The molecule has 1 aliphatic heterocycles. The van der Waals surface area contributed by atoms with E-state index in [0.29, 0.717) is 5.92 Å². The molecule has 4 nitrogen and oxygen atoms in total. The Morgan fingerprint density at radius 2 is 1.84 bits per heavy atom. The van der Waals surface area contributed by atoms with Gasteiger partial charge < -0.3 is 14.8 Å². The quantitative estimate of drug-likeness (QED) is 0.838. The number of hydrogen-bond donors (Lipinski definition) is 1. The molecule has 0 saturated heterocycles. The molecule has 1 aliphatic rings. The molecule has 3 rings (SSSR count). The van der Waals surface area contributed by atoms with E-state index in [-0.39, 0.29) is 18.1 Å². The van der Waals surface area contributed by atoms with E-state index in [1.807, 2.05) is 23.1 Å². The van der Waals surface area contributed by atoms with Gasteiger partial charge in [-0.15, -0.1) is 0 Å². The number of nitrogens with zero attached hydrogens (tertiary/aromatic N) is 2. The maximum Gasteiger partial charge on any atom is 0.318 e. The van der Waals surface area contributed by atoms with Crippen molar-refractivity contribution in [1.82, 2.24) is 14.8 Å². The van der Waals surface area contributed by atoms with Gasteiger partial charge in [-0.3, -0.25) is 0 Å². The molecule has 0 fully saturated rings. The fourth-order valence-corrected chi connectivity index (χ4v) is 3.97. The van der Waals surface area contributed by atoms with E-state index in [0.717, 1.165) is 25.9 Å². The third-order valence-electron chi connectivity index (χ3n) is 5.56. The van der Waals surface area contributed by atoms with E-state index in [9.17, 15) is 4.79 Å². The summed E-state index contributed by atoms with van der Waals surface area (Å²) in [4.78, 5) is 15.0. The maximum absolute atomic E-state index is 13.1. The van der Waals surface area contributed by atoms with Gasteiger partial charge in [0.25, 0.3) is 0 Å². The molecule has 2 atom stereocenters. The van der Waals surface area contributed by atoms with Crippen molar-refractivity contribution >= 4 is 6.03 Å². The summed E-state index contributed by atoms with van der Waals surface area (Å²) in [5.41, 5.74) is 2.40. The maximum atomic E-state index is 13.1. The number of carbonyl (C=O) groups excluding carboxylic acids is 1. The minimum atomic E-state index is 0.0423. The van der Waals surface area contributed by atoms with Crippen LogP contribution in [0.2, 0.25) is 0 Å². The summed E-state index contributed by atoms with van der Waals surface area (Å²) in [7, 11) is 0. The third kappa shape index (κ3) is 3.58. The number of hydrogen-bond acceptors (Lipinski definition) is 1. The Morgan fingerprint density at radius 3 is 2.52 bits per heavy atom. The van der Waals surface area contributed by atoms with Gasteiger partial charge in [0.2, 0.25) is 0 Å². The number of aromatic nitrogens is 1. The number of rotatable bonds is 5. The first-order valence-corrected chi connectivity index (χ1v) is 9.42. The Kier molecular flexibility index (Phi) is 5.47. The van der Waals surface area contributed by atoms with Gasteiger partial charge in [0.1, 0.15) is 0 Å². The first-order valence-electron chi connectivity index (χ1n) is 9.42. The zero-order valence-corrected chi connectivity index (χ0v) is 15.5. The summed E-state index contributed by atoms with van der Waals surface area (Å²) in [6, 6.07) is 14.7.